The number of carbonyl (C=O) groups excluding carboxylic acids is 1. The maximum Gasteiger partial charge on any atom is 0.259 e. The molecule has 0 unspecified atom stereocenters. The van der Waals surface area contributed by atoms with Crippen molar-refractivity contribution in [3.8, 4) is 11.5 Å². The van der Waals surface area contributed by atoms with Crippen LogP contribution in [0.25, 0.3) is 0 Å². The molecule has 0 aliphatic carbocycles. The Kier molecular flexibility index (Phi) is 3.29. The zero-order chi connectivity index (χ0) is 14.0. The molecule has 98 valence electrons. The highest BCUT2D eigenvalue weighted by Crippen LogP contribution is 2.24. The maximum absolute atomic E-state index is 12.0. The van der Waals surface area contributed by atoms with Crippen molar-refractivity contribution in [1.82, 2.24) is 0 Å². The lowest BCUT2D eigenvalue weighted by Gasteiger charge is -2.09. The van der Waals surface area contributed by atoms with Gasteiger partial charge in [-0.1, -0.05) is 6.07 Å². The summed E-state index contributed by atoms with van der Waals surface area (Å²) < 4.78 is 0. The topological polar surface area (TPSA) is 95.6 Å². The minimum absolute atomic E-state index is 0.000790. The third-order valence-electron chi connectivity index (χ3n) is 2.76. The Hall–Kier alpha value is -2.69. The molecule has 5 nitrogen and oxygen atoms in total. The Morgan fingerprint density at radius 3 is 2.58 bits per heavy atom. The third-order valence-corrected chi connectivity index (χ3v) is 2.76. The lowest BCUT2D eigenvalue weighted by atomic mass is 10.1. The summed E-state index contributed by atoms with van der Waals surface area (Å²) in [4.78, 5) is 12.0. The monoisotopic (exact) mass is 258 g/mol. The number of carbonyl (C=O) groups is 1. The zero-order valence-electron chi connectivity index (χ0n) is 10.3. The van der Waals surface area contributed by atoms with E-state index in [1.165, 1.54) is 18.2 Å². The fourth-order valence-electron chi connectivity index (χ4n) is 1.62. The van der Waals surface area contributed by atoms with E-state index in [-0.39, 0.29) is 17.1 Å². The molecule has 0 radical (unpaired) electrons. The summed E-state index contributed by atoms with van der Waals surface area (Å²) in [6.07, 6.45) is 0. The van der Waals surface area contributed by atoms with Gasteiger partial charge in [0, 0.05) is 11.4 Å². The van der Waals surface area contributed by atoms with Crippen molar-refractivity contribution >= 4 is 17.3 Å². The van der Waals surface area contributed by atoms with Crippen LogP contribution >= 0.6 is 0 Å². The SMILES string of the molecule is Cc1ccc(NC(=O)c2cc(O)ccc2O)cc1N. The predicted molar refractivity (Wildman–Crippen MR) is 73.3 cm³/mol. The summed E-state index contributed by atoms with van der Waals surface area (Å²) in [5, 5.41) is 21.5. The summed E-state index contributed by atoms with van der Waals surface area (Å²) in [6.45, 7) is 1.86. The van der Waals surface area contributed by atoms with Crippen LogP contribution in [-0.2, 0) is 0 Å². The number of hydrogen-bond donors (Lipinski definition) is 4. The average Bonchev–Trinajstić information content (AvgIpc) is 2.36. The Morgan fingerprint density at radius 1 is 1.16 bits per heavy atom. The summed E-state index contributed by atoms with van der Waals surface area (Å²) in [7, 11) is 0. The van der Waals surface area contributed by atoms with E-state index in [0.29, 0.717) is 11.4 Å². The fraction of sp³-hybridized carbons (Fsp3) is 0.0714. The second-order valence-corrected chi connectivity index (χ2v) is 4.23. The summed E-state index contributed by atoms with van der Waals surface area (Å²) in [5.41, 5.74) is 7.75. The quantitative estimate of drug-likeness (QED) is 0.490. The maximum atomic E-state index is 12.0. The number of rotatable bonds is 2. The van der Waals surface area contributed by atoms with Crippen LogP contribution in [0.4, 0.5) is 11.4 Å². The van der Waals surface area contributed by atoms with Crippen LogP contribution in [0.3, 0.4) is 0 Å². The van der Waals surface area contributed by atoms with E-state index >= 15 is 0 Å². The van der Waals surface area contributed by atoms with Gasteiger partial charge in [0.2, 0.25) is 0 Å². The summed E-state index contributed by atoms with van der Waals surface area (Å²) in [5.74, 6) is -0.807. The summed E-state index contributed by atoms with van der Waals surface area (Å²) in [6, 6.07) is 8.88. The van der Waals surface area contributed by atoms with E-state index in [2.05, 4.69) is 5.32 Å². The molecule has 0 saturated heterocycles. The normalized spacial score (nSPS) is 10.2. The molecule has 2 aromatic rings. The number of nitrogens with one attached hydrogen (secondary N) is 1. The van der Waals surface area contributed by atoms with Crippen molar-refractivity contribution in [2.75, 3.05) is 11.1 Å². The number of anilines is 2. The highest BCUT2D eigenvalue weighted by atomic mass is 16.3. The van der Waals surface area contributed by atoms with Gasteiger partial charge in [0.05, 0.1) is 5.56 Å². The van der Waals surface area contributed by atoms with Gasteiger partial charge in [0.1, 0.15) is 11.5 Å². The first-order valence-corrected chi connectivity index (χ1v) is 5.67. The molecule has 0 atom stereocenters. The van der Waals surface area contributed by atoms with Gasteiger partial charge in [-0.05, 0) is 42.8 Å². The number of benzene rings is 2. The second-order valence-electron chi connectivity index (χ2n) is 4.23. The molecule has 5 heteroatoms. The molecule has 0 spiro atoms. The molecular formula is C14H14N2O3. The number of amides is 1. The van der Waals surface area contributed by atoms with Gasteiger partial charge in [-0.3, -0.25) is 4.79 Å². The molecule has 0 aliphatic rings. The van der Waals surface area contributed by atoms with Gasteiger partial charge in [0.15, 0.2) is 0 Å². The van der Waals surface area contributed by atoms with Gasteiger partial charge in [0.25, 0.3) is 5.91 Å². The lowest BCUT2D eigenvalue weighted by Crippen LogP contribution is -2.12. The van der Waals surface area contributed by atoms with Crippen molar-refractivity contribution in [3.63, 3.8) is 0 Å². The van der Waals surface area contributed by atoms with Crippen LogP contribution < -0.4 is 11.1 Å². The van der Waals surface area contributed by atoms with Crippen LogP contribution in [0, 0.1) is 6.92 Å². The van der Waals surface area contributed by atoms with Gasteiger partial charge in [-0.15, -0.1) is 0 Å². The van der Waals surface area contributed by atoms with E-state index in [1.54, 1.807) is 18.2 Å². The summed E-state index contributed by atoms with van der Waals surface area (Å²) >= 11 is 0. The van der Waals surface area contributed by atoms with Gasteiger partial charge in [-0.25, -0.2) is 0 Å². The molecule has 2 rings (SSSR count). The van der Waals surface area contributed by atoms with E-state index in [4.69, 9.17) is 5.73 Å². The standard InChI is InChI=1S/C14H14N2O3/c1-8-2-3-9(6-12(8)15)16-14(19)11-7-10(17)4-5-13(11)18/h2-7,17-18H,15H2,1H3,(H,16,19). The number of aromatic hydroxyl groups is 2. The molecule has 0 bridgehead atoms. The second kappa shape index (κ2) is 4.89. The van der Waals surface area contributed by atoms with Crippen LogP contribution in [0.2, 0.25) is 0 Å². The van der Waals surface area contributed by atoms with Crippen LogP contribution in [0.15, 0.2) is 36.4 Å². The first-order valence-electron chi connectivity index (χ1n) is 5.67. The molecule has 0 heterocycles. The number of nitrogen functional groups attached to an aromatic ring is 1. The van der Waals surface area contributed by atoms with E-state index < -0.39 is 5.91 Å². The van der Waals surface area contributed by atoms with Gasteiger partial charge >= 0.3 is 0 Å². The van der Waals surface area contributed by atoms with E-state index in [9.17, 15) is 15.0 Å². The minimum atomic E-state index is -0.517. The Bertz CT molecular complexity index is 639. The smallest absolute Gasteiger partial charge is 0.259 e. The Morgan fingerprint density at radius 2 is 1.89 bits per heavy atom. The molecule has 5 N–H and O–H groups in total. The van der Waals surface area contributed by atoms with Crippen molar-refractivity contribution in [2.45, 2.75) is 6.92 Å². The van der Waals surface area contributed by atoms with Crippen molar-refractivity contribution in [1.29, 1.82) is 0 Å². The first-order chi connectivity index (χ1) is 8.97. The van der Waals surface area contributed by atoms with Crippen LogP contribution in [-0.4, -0.2) is 16.1 Å². The van der Waals surface area contributed by atoms with E-state index in [0.717, 1.165) is 5.56 Å². The number of nitrogens with two attached hydrogens (primary N) is 1. The molecule has 2 aromatic carbocycles. The third kappa shape index (κ3) is 2.77. The van der Waals surface area contributed by atoms with Crippen molar-refractivity contribution in [3.05, 3.63) is 47.5 Å². The average molecular weight is 258 g/mol. The molecule has 0 fully saturated rings. The number of aryl methyl sites for hydroxylation is 1. The highest BCUT2D eigenvalue weighted by Gasteiger charge is 2.12. The predicted octanol–water partition coefficient (Wildman–Crippen LogP) is 2.24. The first kappa shape index (κ1) is 12.8. The van der Waals surface area contributed by atoms with Gasteiger partial charge in [-0.2, -0.15) is 0 Å². The van der Waals surface area contributed by atoms with E-state index in [1.807, 2.05) is 6.92 Å². The van der Waals surface area contributed by atoms with Crippen molar-refractivity contribution in [2.24, 2.45) is 0 Å². The Labute approximate surface area is 110 Å². The number of hydrogen-bond acceptors (Lipinski definition) is 4. The number of phenols is 2. The lowest BCUT2D eigenvalue weighted by molar-refractivity contribution is 0.102. The molecule has 0 saturated carbocycles. The van der Waals surface area contributed by atoms with Crippen LogP contribution in [0.1, 0.15) is 15.9 Å². The van der Waals surface area contributed by atoms with Crippen molar-refractivity contribution < 1.29 is 15.0 Å². The largest absolute Gasteiger partial charge is 0.508 e. The zero-order valence-corrected chi connectivity index (χ0v) is 10.3. The van der Waals surface area contributed by atoms with Crippen LogP contribution in [0.5, 0.6) is 11.5 Å². The number of phenolic OH excluding ortho intramolecular Hbond substituents is 2. The minimum Gasteiger partial charge on any atom is -0.508 e. The highest BCUT2D eigenvalue weighted by molar-refractivity contribution is 6.06. The molecule has 0 aromatic heterocycles. The van der Waals surface area contributed by atoms with Gasteiger partial charge < -0.3 is 21.3 Å². The molecule has 0 aliphatic heterocycles. The fourth-order valence-corrected chi connectivity index (χ4v) is 1.62. The molecule has 19 heavy (non-hydrogen) atoms. The Balaban J connectivity index is 2.25. The molecule has 1 amide bonds. The molecular weight excluding hydrogens is 244 g/mol.